The molecule has 13 heteroatoms. The molecule has 0 aromatic rings. The first kappa shape index (κ1) is 42.0. The molecule has 13 nitrogen and oxygen atoms in total. The zero-order chi connectivity index (χ0) is 32.7. The number of rotatable bonds is 27. The first-order valence-corrected chi connectivity index (χ1v) is 16.1. The Hall–Kier alpha value is -3.09. The Bertz CT molecular complexity index is 772. The molecule has 0 aromatic heterocycles. The van der Waals surface area contributed by atoms with Gasteiger partial charge in [-0.3, -0.25) is 19.6 Å². The highest BCUT2D eigenvalue weighted by atomic mass is 16.4. The van der Waals surface area contributed by atoms with Gasteiger partial charge in [0, 0.05) is 19.5 Å². The van der Waals surface area contributed by atoms with Gasteiger partial charge in [0.2, 0.25) is 5.91 Å². The second-order valence-corrected chi connectivity index (χ2v) is 11.0. The van der Waals surface area contributed by atoms with E-state index in [0.29, 0.717) is 45.2 Å². The van der Waals surface area contributed by atoms with Crippen LogP contribution in [0.4, 0.5) is 0 Å². The van der Waals surface area contributed by atoms with Crippen molar-refractivity contribution >= 4 is 29.8 Å². The second kappa shape index (κ2) is 30.4. The van der Waals surface area contributed by atoms with Crippen LogP contribution in [0.25, 0.3) is 0 Å². The molecule has 43 heavy (non-hydrogen) atoms. The summed E-state index contributed by atoms with van der Waals surface area (Å²) in [5.74, 6) is -2.21. The highest BCUT2D eigenvalue weighted by molar-refractivity contribution is 5.83. The largest absolute Gasteiger partial charge is 0.480 e. The predicted octanol–water partition coefficient (Wildman–Crippen LogP) is 3.32. The van der Waals surface area contributed by atoms with Crippen LogP contribution < -0.4 is 34.0 Å². The van der Waals surface area contributed by atoms with Crippen molar-refractivity contribution in [3.8, 4) is 0 Å². The molecule has 0 rings (SSSR count). The molecular weight excluding hydrogens is 552 g/mol. The van der Waals surface area contributed by atoms with Crippen molar-refractivity contribution in [1.29, 1.82) is 0 Å². The van der Waals surface area contributed by atoms with Gasteiger partial charge in [0.1, 0.15) is 12.1 Å². The number of nitrogens with zero attached hydrogens (tertiary/aromatic N) is 2. The Morgan fingerprint density at radius 3 is 1.37 bits per heavy atom. The number of carboxylic acid groups (broad SMARTS) is 2. The van der Waals surface area contributed by atoms with E-state index in [-0.39, 0.29) is 17.8 Å². The monoisotopic (exact) mass is 614 g/mol. The van der Waals surface area contributed by atoms with Crippen LogP contribution in [0.2, 0.25) is 0 Å². The fourth-order valence-electron chi connectivity index (χ4n) is 4.33. The summed E-state index contributed by atoms with van der Waals surface area (Å²) in [7, 11) is 0. The van der Waals surface area contributed by atoms with Gasteiger partial charge in [-0.15, -0.1) is 0 Å². The minimum Gasteiger partial charge on any atom is -0.480 e. The second-order valence-electron chi connectivity index (χ2n) is 11.0. The van der Waals surface area contributed by atoms with Crippen molar-refractivity contribution in [2.75, 3.05) is 13.1 Å². The van der Waals surface area contributed by atoms with Gasteiger partial charge in [0.05, 0.1) is 0 Å². The van der Waals surface area contributed by atoms with Crippen LogP contribution in [0, 0.1) is 0 Å². The third kappa shape index (κ3) is 33.3. The van der Waals surface area contributed by atoms with Crippen molar-refractivity contribution in [3.05, 3.63) is 0 Å². The predicted molar refractivity (Wildman–Crippen MR) is 175 cm³/mol. The molecule has 0 radical (unpaired) electrons. The summed E-state index contributed by atoms with van der Waals surface area (Å²) in [4.78, 5) is 41.0. The summed E-state index contributed by atoms with van der Waals surface area (Å²) < 4.78 is 0. The van der Waals surface area contributed by atoms with E-state index in [4.69, 9.17) is 33.8 Å². The molecule has 0 aliphatic rings. The fraction of sp³-hybridized carbons (Fsp3) is 0.833. The smallest absolute Gasteiger partial charge is 0.326 e. The number of hydrogen-bond acceptors (Lipinski definition) is 6. The number of aliphatic carboxylic acids is 2. The minimum atomic E-state index is -1.02. The molecule has 0 unspecified atom stereocenters. The van der Waals surface area contributed by atoms with Gasteiger partial charge in [-0.1, -0.05) is 96.8 Å². The topological polar surface area (TPSA) is 259 Å². The van der Waals surface area contributed by atoms with E-state index < -0.39 is 24.0 Å². The zero-order valence-electron chi connectivity index (χ0n) is 26.6. The molecule has 0 saturated heterocycles. The molecule has 252 valence electrons. The lowest BCUT2D eigenvalue weighted by Crippen LogP contribution is -2.40. The number of amides is 1. The van der Waals surface area contributed by atoms with Crippen LogP contribution >= 0.6 is 0 Å². The van der Waals surface area contributed by atoms with E-state index in [1.165, 1.54) is 77.0 Å². The van der Waals surface area contributed by atoms with Crippen LogP contribution in [0.5, 0.6) is 0 Å². The maximum atomic E-state index is 12.0. The Kier molecular flexibility index (Phi) is 29.7. The number of aliphatic imine (C=N–C) groups is 2. The summed E-state index contributed by atoms with van der Waals surface area (Å²) in [6, 6.07) is -1.70. The zero-order valence-corrected chi connectivity index (χ0v) is 26.6. The molecule has 13 N–H and O–H groups in total. The Labute approximate surface area is 258 Å². The molecule has 0 bridgehead atoms. The van der Waals surface area contributed by atoms with E-state index in [9.17, 15) is 19.5 Å². The maximum absolute atomic E-state index is 12.0. The molecule has 0 heterocycles. The maximum Gasteiger partial charge on any atom is 0.326 e. The lowest BCUT2D eigenvalue weighted by Gasteiger charge is -2.14. The van der Waals surface area contributed by atoms with E-state index in [0.717, 1.165) is 19.3 Å². The van der Waals surface area contributed by atoms with Gasteiger partial charge >= 0.3 is 11.9 Å². The summed E-state index contributed by atoms with van der Waals surface area (Å²) >= 11 is 0. The quantitative estimate of drug-likeness (QED) is 0.0380. The molecule has 1 amide bonds. The lowest BCUT2D eigenvalue weighted by atomic mass is 10.0. The van der Waals surface area contributed by atoms with Crippen LogP contribution in [0.15, 0.2) is 9.98 Å². The standard InChI is InChI=1S/C24H48N4O3.C6H14N4O2/c1-2-3-4-5-6-7-8-9-10-11-12-13-14-15-16-19-22(29)28-21(23(30)31)18-17-20-27-24(25)26;7-4(5(11)12)2-1-3-10-6(8)9/h21H,2-20H2,1H3,(H,28,29)(H,30,31)(H4,25,26,27);4H,1-3,7H2,(H,11,12)(H4,8,9,10)/t21-;4-/m00/s1. The molecule has 0 spiro atoms. The van der Waals surface area contributed by atoms with Gasteiger partial charge in [-0.25, -0.2) is 4.79 Å². The summed E-state index contributed by atoms with van der Waals surface area (Å²) in [6.45, 7) is 3.04. The Balaban J connectivity index is 0. The molecule has 0 saturated carbocycles. The number of nitrogens with two attached hydrogens (primary N) is 5. The number of carbonyl (C=O) groups is 3. The van der Waals surface area contributed by atoms with E-state index in [2.05, 4.69) is 22.2 Å². The third-order valence-electron chi connectivity index (χ3n) is 6.87. The van der Waals surface area contributed by atoms with Gasteiger partial charge in [0.15, 0.2) is 11.9 Å². The molecule has 0 aromatic carbocycles. The van der Waals surface area contributed by atoms with Crippen molar-refractivity contribution in [3.63, 3.8) is 0 Å². The molecule has 0 fully saturated rings. The molecular formula is C30H62N8O5. The highest BCUT2D eigenvalue weighted by Gasteiger charge is 2.19. The van der Waals surface area contributed by atoms with Crippen molar-refractivity contribution in [2.45, 2.75) is 147 Å². The molecule has 0 aliphatic heterocycles. The summed E-state index contributed by atoms with van der Waals surface area (Å²) in [5.41, 5.74) is 25.8. The van der Waals surface area contributed by atoms with Crippen molar-refractivity contribution in [1.82, 2.24) is 5.32 Å². The van der Waals surface area contributed by atoms with Crippen LogP contribution in [0.1, 0.15) is 135 Å². The summed E-state index contributed by atoms with van der Waals surface area (Å²) in [5, 5.41) is 20.2. The van der Waals surface area contributed by atoms with Gasteiger partial charge in [-0.05, 0) is 32.1 Å². The Morgan fingerprint density at radius 1 is 0.605 bits per heavy atom. The van der Waals surface area contributed by atoms with Gasteiger partial charge < -0.3 is 44.2 Å². The number of carbonyl (C=O) groups excluding carboxylic acids is 1. The number of nitrogens with one attached hydrogen (secondary N) is 1. The first-order valence-electron chi connectivity index (χ1n) is 16.1. The van der Waals surface area contributed by atoms with E-state index >= 15 is 0 Å². The SMILES string of the molecule is CCCCCCCCCCCCCCCCCC(=O)N[C@@H](CCCN=C(N)N)C(=O)O.NC(N)=NCCC[C@H](N)C(=O)O. The van der Waals surface area contributed by atoms with E-state index in [1.54, 1.807) is 0 Å². The van der Waals surface area contributed by atoms with Crippen LogP contribution in [-0.4, -0.2) is 65.2 Å². The molecule has 2 atom stereocenters. The lowest BCUT2D eigenvalue weighted by molar-refractivity contribution is -0.142. The Morgan fingerprint density at radius 2 is 1.00 bits per heavy atom. The average molecular weight is 615 g/mol. The first-order chi connectivity index (χ1) is 20.5. The highest BCUT2D eigenvalue weighted by Crippen LogP contribution is 2.13. The third-order valence-corrected chi connectivity index (χ3v) is 6.87. The normalized spacial score (nSPS) is 11.9. The number of hydrogen-bond donors (Lipinski definition) is 8. The average Bonchev–Trinajstić information content (AvgIpc) is 2.94. The van der Waals surface area contributed by atoms with E-state index in [1.807, 2.05) is 0 Å². The number of unbranched alkanes of at least 4 members (excludes halogenated alkanes) is 14. The fourth-order valence-corrected chi connectivity index (χ4v) is 4.33. The van der Waals surface area contributed by atoms with Crippen LogP contribution in [-0.2, 0) is 14.4 Å². The van der Waals surface area contributed by atoms with Gasteiger partial charge in [-0.2, -0.15) is 0 Å². The van der Waals surface area contributed by atoms with Crippen molar-refractivity contribution in [2.24, 2.45) is 38.7 Å². The van der Waals surface area contributed by atoms with Crippen molar-refractivity contribution < 1.29 is 24.6 Å². The summed E-state index contributed by atoms with van der Waals surface area (Å²) in [6.07, 6.45) is 21.4. The minimum absolute atomic E-state index is 0.0101. The molecule has 0 aliphatic carbocycles. The van der Waals surface area contributed by atoms with Gasteiger partial charge in [0.25, 0.3) is 0 Å². The number of guanidine groups is 2. The number of carboxylic acids is 2. The van der Waals surface area contributed by atoms with Crippen LogP contribution in [0.3, 0.4) is 0 Å².